The third-order valence-corrected chi connectivity index (χ3v) is 5.88. The van der Waals surface area contributed by atoms with Crippen LogP contribution in [0.4, 0.5) is 14.9 Å². The maximum absolute atomic E-state index is 13.1. The summed E-state index contributed by atoms with van der Waals surface area (Å²) < 4.78 is 15.0. The first-order valence-corrected chi connectivity index (χ1v) is 11.3. The van der Waals surface area contributed by atoms with Gasteiger partial charge in [-0.1, -0.05) is 18.2 Å². The summed E-state index contributed by atoms with van der Waals surface area (Å²) in [5.74, 6) is 0.426. The van der Waals surface area contributed by atoms with Crippen LogP contribution in [0.15, 0.2) is 67.3 Å². The molecule has 1 atom stereocenters. The molecule has 1 fully saturated rings. The summed E-state index contributed by atoms with van der Waals surface area (Å²) in [5.41, 5.74) is 2.89. The van der Waals surface area contributed by atoms with Crippen LogP contribution >= 0.6 is 0 Å². The summed E-state index contributed by atoms with van der Waals surface area (Å²) in [5, 5.41) is 5.85. The first kappa shape index (κ1) is 22.0. The number of anilines is 1. The van der Waals surface area contributed by atoms with Crippen LogP contribution < -0.4 is 10.6 Å². The number of urea groups is 1. The second kappa shape index (κ2) is 10.9. The molecule has 7 heteroatoms. The highest BCUT2D eigenvalue weighted by Crippen LogP contribution is 2.21. The third kappa shape index (κ3) is 6.40. The fraction of sp³-hybridized carbons (Fsp3) is 0.360. The van der Waals surface area contributed by atoms with Crippen LogP contribution in [0.5, 0.6) is 0 Å². The number of aromatic nitrogens is 2. The van der Waals surface area contributed by atoms with Crippen LogP contribution in [0, 0.1) is 11.7 Å². The SMILES string of the molecule is O=C(NCCCN1CCC[C@@H](Cc2ccc(F)cc2)C1)Nc1cccc(-n2ccnc2)c1. The molecular formula is C25H30FN5O. The quantitative estimate of drug-likeness (QED) is 0.513. The molecule has 2 N–H and O–H groups in total. The number of amides is 2. The number of rotatable bonds is 8. The van der Waals surface area contributed by atoms with Crippen LogP contribution in [0.3, 0.4) is 0 Å². The monoisotopic (exact) mass is 435 g/mol. The lowest BCUT2D eigenvalue weighted by atomic mass is 9.91. The highest BCUT2D eigenvalue weighted by atomic mass is 19.1. The van der Waals surface area contributed by atoms with Gasteiger partial charge in [0, 0.05) is 36.9 Å². The van der Waals surface area contributed by atoms with Crippen molar-refractivity contribution in [1.29, 1.82) is 0 Å². The molecular weight excluding hydrogens is 405 g/mol. The van der Waals surface area contributed by atoms with Crippen molar-refractivity contribution in [3.05, 3.63) is 78.6 Å². The largest absolute Gasteiger partial charge is 0.338 e. The molecule has 0 radical (unpaired) electrons. The second-order valence-corrected chi connectivity index (χ2v) is 8.39. The van der Waals surface area contributed by atoms with E-state index in [1.54, 1.807) is 24.7 Å². The number of likely N-dealkylation sites (tertiary alicyclic amines) is 1. The number of nitrogens with one attached hydrogen (secondary N) is 2. The van der Waals surface area contributed by atoms with E-state index in [1.165, 1.54) is 18.4 Å². The van der Waals surface area contributed by atoms with Gasteiger partial charge >= 0.3 is 6.03 Å². The van der Waals surface area contributed by atoms with Crippen LogP contribution in [0.1, 0.15) is 24.8 Å². The Hall–Kier alpha value is -3.19. The molecule has 2 aromatic carbocycles. The van der Waals surface area contributed by atoms with E-state index in [1.807, 2.05) is 47.2 Å². The van der Waals surface area contributed by atoms with Gasteiger partial charge in [-0.15, -0.1) is 0 Å². The van der Waals surface area contributed by atoms with E-state index >= 15 is 0 Å². The Morgan fingerprint density at radius 1 is 1.19 bits per heavy atom. The normalized spacial score (nSPS) is 16.6. The molecule has 1 aromatic heterocycles. The zero-order valence-corrected chi connectivity index (χ0v) is 18.2. The molecule has 0 spiro atoms. The Kier molecular flexibility index (Phi) is 7.51. The molecule has 6 nitrogen and oxygen atoms in total. The van der Waals surface area contributed by atoms with Crippen molar-refractivity contribution in [2.75, 3.05) is 31.5 Å². The summed E-state index contributed by atoms with van der Waals surface area (Å²) in [4.78, 5) is 18.8. The topological polar surface area (TPSA) is 62.2 Å². The molecule has 0 unspecified atom stereocenters. The van der Waals surface area contributed by atoms with Crippen LogP contribution in [0.25, 0.3) is 5.69 Å². The average molecular weight is 436 g/mol. The predicted octanol–water partition coefficient (Wildman–Crippen LogP) is 4.48. The lowest BCUT2D eigenvalue weighted by molar-refractivity contribution is 0.172. The van der Waals surface area contributed by atoms with Crippen molar-refractivity contribution < 1.29 is 9.18 Å². The van der Waals surface area contributed by atoms with Gasteiger partial charge in [0.2, 0.25) is 0 Å². The van der Waals surface area contributed by atoms with Gasteiger partial charge in [-0.05, 0) is 80.6 Å². The number of hydrogen-bond acceptors (Lipinski definition) is 3. The summed E-state index contributed by atoms with van der Waals surface area (Å²) in [7, 11) is 0. The Morgan fingerprint density at radius 2 is 2.06 bits per heavy atom. The molecule has 32 heavy (non-hydrogen) atoms. The number of nitrogens with zero attached hydrogens (tertiary/aromatic N) is 3. The number of benzene rings is 2. The third-order valence-electron chi connectivity index (χ3n) is 5.88. The standard InChI is InChI=1S/C25H30FN5O/c26-22-9-7-20(8-10-22)16-21-4-2-13-30(18-21)14-3-11-28-25(32)29-23-5-1-6-24(17-23)31-15-12-27-19-31/h1,5-10,12,15,17,19,21H,2-4,11,13-14,16,18H2,(H2,28,29,32)/t21-/m0/s1. The fourth-order valence-electron chi connectivity index (χ4n) is 4.31. The lowest BCUT2D eigenvalue weighted by Gasteiger charge is -2.32. The Labute approximate surface area is 188 Å². The second-order valence-electron chi connectivity index (χ2n) is 8.39. The highest BCUT2D eigenvalue weighted by molar-refractivity contribution is 5.89. The number of carbonyl (C=O) groups is 1. The maximum Gasteiger partial charge on any atom is 0.319 e. The van der Waals surface area contributed by atoms with Gasteiger partial charge in [-0.3, -0.25) is 0 Å². The first-order valence-electron chi connectivity index (χ1n) is 11.3. The summed E-state index contributed by atoms with van der Waals surface area (Å²) in [6.45, 7) is 3.76. The van der Waals surface area contributed by atoms with Gasteiger partial charge in [0.1, 0.15) is 5.82 Å². The van der Waals surface area contributed by atoms with E-state index < -0.39 is 0 Å². The number of imidazole rings is 1. The van der Waals surface area contributed by atoms with Crippen molar-refractivity contribution in [3.63, 3.8) is 0 Å². The smallest absolute Gasteiger partial charge is 0.319 e. The molecule has 1 aliphatic heterocycles. The van der Waals surface area contributed by atoms with Crippen LogP contribution in [-0.4, -0.2) is 46.7 Å². The van der Waals surface area contributed by atoms with Crippen molar-refractivity contribution in [3.8, 4) is 5.69 Å². The minimum atomic E-state index is -0.194. The number of halogens is 1. The van der Waals surface area contributed by atoms with Gasteiger partial charge < -0.3 is 20.1 Å². The first-order chi connectivity index (χ1) is 15.7. The van der Waals surface area contributed by atoms with E-state index in [0.29, 0.717) is 12.5 Å². The van der Waals surface area contributed by atoms with Crippen LogP contribution in [-0.2, 0) is 6.42 Å². The molecule has 4 rings (SSSR count). The van der Waals surface area contributed by atoms with Crippen molar-refractivity contribution in [1.82, 2.24) is 19.8 Å². The Balaban J connectivity index is 1.16. The van der Waals surface area contributed by atoms with Crippen molar-refractivity contribution in [2.45, 2.75) is 25.7 Å². The Morgan fingerprint density at radius 3 is 2.88 bits per heavy atom. The van der Waals surface area contributed by atoms with E-state index in [-0.39, 0.29) is 11.8 Å². The maximum atomic E-state index is 13.1. The van der Waals surface area contributed by atoms with E-state index in [2.05, 4.69) is 20.5 Å². The van der Waals surface area contributed by atoms with Crippen molar-refractivity contribution >= 4 is 11.7 Å². The zero-order chi connectivity index (χ0) is 22.2. The van der Waals surface area contributed by atoms with Gasteiger partial charge in [-0.2, -0.15) is 0 Å². The van der Waals surface area contributed by atoms with Gasteiger partial charge in [0.15, 0.2) is 0 Å². The molecule has 0 saturated carbocycles. The van der Waals surface area contributed by atoms with E-state index in [9.17, 15) is 9.18 Å². The molecule has 2 amide bonds. The van der Waals surface area contributed by atoms with E-state index in [4.69, 9.17) is 0 Å². The zero-order valence-electron chi connectivity index (χ0n) is 18.2. The highest BCUT2D eigenvalue weighted by Gasteiger charge is 2.19. The minimum Gasteiger partial charge on any atom is -0.338 e. The number of hydrogen-bond donors (Lipinski definition) is 2. The van der Waals surface area contributed by atoms with E-state index in [0.717, 1.165) is 43.9 Å². The summed E-state index contributed by atoms with van der Waals surface area (Å²) in [6, 6.07) is 14.3. The summed E-state index contributed by atoms with van der Waals surface area (Å²) >= 11 is 0. The fourth-order valence-corrected chi connectivity index (χ4v) is 4.31. The Bertz CT molecular complexity index is 990. The molecule has 1 saturated heterocycles. The average Bonchev–Trinajstić information content (AvgIpc) is 3.34. The van der Waals surface area contributed by atoms with Gasteiger partial charge in [0.25, 0.3) is 0 Å². The molecule has 0 aliphatic carbocycles. The molecule has 0 bridgehead atoms. The van der Waals surface area contributed by atoms with Gasteiger partial charge in [0.05, 0.1) is 6.33 Å². The molecule has 2 heterocycles. The number of piperidine rings is 1. The molecule has 1 aliphatic rings. The lowest BCUT2D eigenvalue weighted by Crippen LogP contribution is -2.38. The molecule has 3 aromatic rings. The minimum absolute atomic E-state index is 0.179. The summed E-state index contributed by atoms with van der Waals surface area (Å²) in [6.07, 6.45) is 9.62. The molecule has 168 valence electrons. The predicted molar refractivity (Wildman–Crippen MR) is 124 cm³/mol. The van der Waals surface area contributed by atoms with Gasteiger partial charge in [-0.25, -0.2) is 14.2 Å². The van der Waals surface area contributed by atoms with Crippen LogP contribution in [0.2, 0.25) is 0 Å². The number of carbonyl (C=O) groups excluding carboxylic acids is 1. The van der Waals surface area contributed by atoms with Crippen molar-refractivity contribution in [2.24, 2.45) is 5.92 Å².